The van der Waals surface area contributed by atoms with E-state index in [1.807, 2.05) is 24.3 Å². The minimum absolute atomic E-state index is 0.871. The van der Waals surface area contributed by atoms with Gasteiger partial charge in [-0.3, -0.25) is 0 Å². The summed E-state index contributed by atoms with van der Waals surface area (Å²) in [5, 5.41) is 6.85. The fourth-order valence-electron chi connectivity index (χ4n) is 8.06. The molecule has 0 aliphatic carbocycles. The maximum absolute atomic E-state index is 6.56. The van der Waals surface area contributed by atoms with Crippen LogP contribution in [0.15, 0.2) is 191 Å². The van der Waals surface area contributed by atoms with E-state index in [0.717, 1.165) is 88.8 Å². The lowest BCUT2D eigenvalue weighted by atomic mass is 10.00. The summed E-state index contributed by atoms with van der Waals surface area (Å²) in [6, 6.07) is 64.3. The highest BCUT2D eigenvalue weighted by molar-refractivity contribution is 6.18. The minimum atomic E-state index is 0.871. The molecule has 52 heavy (non-hydrogen) atoms. The summed E-state index contributed by atoms with van der Waals surface area (Å²) in [6.07, 6.45) is 0. The van der Waals surface area contributed by atoms with Crippen LogP contribution in [-0.4, -0.2) is 4.57 Å². The van der Waals surface area contributed by atoms with Crippen molar-refractivity contribution in [1.29, 1.82) is 0 Å². The topological polar surface area (TPSA) is 34.5 Å². The molecule has 3 heterocycles. The molecule has 0 saturated heterocycles. The van der Waals surface area contributed by atoms with Crippen molar-refractivity contribution in [3.63, 3.8) is 0 Å². The number of nitrogens with zero attached hydrogens (tertiary/aromatic N) is 2. The number of fused-ring (bicyclic) bond motifs is 9. The fraction of sp³-hybridized carbons (Fsp3) is 0. The molecule has 0 N–H and O–H groups in total. The van der Waals surface area contributed by atoms with Gasteiger partial charge >= 0.3 is 0 Å². The average molecular weight is 667 g/mol. The van der Waals surface area contributed by atoms with Gasteiger partial charge in [0, 0.05) is 55.3 Å². The summed E-state index contributed by atoms with van der Waals surface area (Å²) in [6.45, 7) is 0. The lowest BCUT2D eigenvalue weighted by molar-refractivity contribution is 0.669. The normalized spacial score (nSPS) is 11.8. The van der Waals surface area contributed by atoms with Gasteiger partial charge in [0.15, 0.2) is 0 Å². The first-order chi connectivity index (χ1) is 25.8. The van der Waals surface area contributed by atoms with Gasteiger partial charge in [0.25, 0.3) is 0 Å². The van der Waals surface area contributed by atoms with Gasteiger partial charge in [0.05, 0.1) is 22.4 Å². The van der Waals surface area contributed by atoms with E-state index in [2.05, 4.69) is 167 Å². The number of hydrogen-bond acceptors (Lipinski definition) is 3. The third-order valence-corrected chi connectivity index (χ3v) is 10.4. The molecule has 0 radical (unpaired) electrons. The summed E-state index contributed by atoms with van der Waals surface area (Å²) in [7, 11) is 0. The largest absolute Gasteiger partial charge is 0.456 e. The highest BCUT2D eigenvalue weighted by Gasteiger charge is 2.23. The fourth-order valence-corrected chi connectivity index (χ4v) is 8.06. The van der Waals surface area contributed by atoms with Crippen LogP contribution < -0.4 is 4.90 Å². The SMILES string of the molecule is c1ccc(N(c2ccccc2)c2cc(-c3cccc4c3oc3ccccc34)ccc2-n2c3ccccc3c3cc4c(cc32)oc2ccccc24)cc1. The third-order valence-electron chi connectivity index (χ3n) is 10.4. The summed E-state index contributed by atoms with van der Waals surface area (Å²) in [4.78, 5) is 2.36. The molecule has 0 amide bonds. The molecule has 8 aromatic carbocycles. The summed E-state index contributed by atoms with van der Waals surface area (Å²) in [5.41, 5.74) is 12.1. The number of anilines is 3. The van der Waals surface area contributed by atoms with Gasteiger partial charge in [-0.25, -0.2) is 0 Å². The molecule has 0 unspecified atom stereocenters. The monoisotopic (exact) mass is 666 g/mol. The Bertz CT molecular complexity index is 3090. The van der Waals surface area contributed by atoms with E-state index in [1.54, 1.807) is 0 Å². The second-order valence-corrected chi connectivity index (χ2v) is 13.3. The van der Waals surface area contributed by atoms with Crippen molar-refractivity contribution in [2.45, 2.75) is 0 Å². The molecule has 4 nitrogen and oxygen atoms in total. The number of aromatic nitrogens is 1. The first-order valence-corrected chi connectivity index (χ1v) is 17.6. The number of benzene rings is 8. The van der Waals surface area contributed by atoms with Gasteiger partial charge in [0.1, 0.15) is 22.3 Å². The van der Waals surface area contributed by atoms with Gasteiger partial charge in [-0.1, -0.05) is 115 Å². The zero-order valence-corrected chi connectivity index (χ0v) is 28.0. The molecule has 0 spiro atoms. The van der Waals surface area contributed by atoms with Gasteiger partial charge in [-0.2, -0.15) is 0 Å². The van der Waals surface area contributed by atoms with E-state index < -0.39 is 0 Å². The summed E-state index contributed by atoms with van der Waals surface area (Å²) < 4.78 is 15.4. The summed E-state index contributed by atoms with van der Waals surface area (Å²) >= 11 is 0. The Kier molecular flexibility index (Phi) is 6.22. The van der Waals surface area contributed by atoms with Gasteiger partial charge < -0.3 is 18.3 Å². The molecular formula is C48H30N2O2. The van der Waals surface area contributed by atoms with Crippen molar-refractivity contribution < 1.29 is 8.83 Å². The lowest BCUT2D eigenvalue weighted by Crippen LogP contribution is -2.13. The van der Waals surface area contributed by atoms with Crippen LogP contribution in [0.25, 0.3) is 82.5 Å². The molecule has 0 aliphatic heterocycles. The second kappa shape index (κ2) is 11.2. The van der Waals surface area contributed by atoms with E-state index in [-0.39, 0.29) is 0 Å². The molecule has 11 rings (SSSR count). The molecule has 0 aliphatic rings. The van der Waals surface area contributed by atoms with Crippen LogP contribution in [-0.2, 0) is 0 Å². The van der Waals surface area contributed by atoms with Crippen LogP contribution in [0.1, 0.15) is 0 Å². The predicted octanol–water partition coefficient (Wildman–Crippen LogP) is 13.7. The minimum Gasteiger partial charge on any atom is -0.456 e. The van der Waals surface area contributed by atoms with Crippen LogP contribution in [0.4, 0.5) is 17.1 Å². The van der Waals surface area contributed by atoms with Crippen LogP contribution in [0.3, 0.4) is 0 Å². The Labute approximate surface area is 299 Å². The van der Waals surface area contributed by atoms with E-state index >= 15 is 0 Å². The molecule has 0 atom stereocenters. The quantitative estimate of drug-likeness (QED) is 0.183. The van der Waals surface area contributed by atoms with Crippen LogP contribution in [0.5, 0.6) is 0 Å². The number of furan rings is 2. The third kappa shape index (κ3) is 4.28. The summed E-state index contributed by atoms with van der Waals surface area (Å²) in [5.74, 6) is 0. The Morgan fingerprint density at radius 2 is 1.00 bits per heavy atom. The first-order valence-electron chi connectivity index (χ1n) is 17.6. The van der Waals surface area contributed by atoms with Gasteiger partial charge in [0.2, 0.25) is 0 Å². The molecule has 244 valence electrons. The maximum Gasteiger partial charge on any atom is 0.143 e. The molecule has 0 bridgehead atoms. The van der Waals surface area contributed by atoms with E-state index in [9.17, 15) is 0 Å². The lowest BCUT2D eigenvalue weighted by Gasteiger charge is -2.29. The van der Waals surface area contributed by atoms with E-state index in [1.165, 1.54) is 10.8 Å². The van der Waals surface area contributed by atoms with Crippen LogP contribution in [0, 0.1) is 0 Å². The first kappa shape index (κ1) is 28.8. The highest BCUT2D eigenvalue weighted by Crippen LogP contribution is 2.45. The Morgan fingerprint density at radius 1 is 0.385 bits per heavy atom. The number of rotatable bonds is 5. The molecular weight excluding hydrogens is 637 g/mol. The van der Waals surface area contributed by atoms with E-state index in [4.69, 9.17) is 8.83 Å². The molecule has 3 aromatic heterocycles. The molecule has 0 fully saturated rings. The van der Waals surface area contributed by atoms with Crippen molar-refractivity contribution in [3.05, 3.63) is 182 Å². The molecule has 0 saturated carbocycles. The number of para-hydroxylation sites is 6. The predicted molar refractivity (Wildman–Crippen MR) is 215 cm³/mol. The Hall–Kier alpha value is -7.04. The number of hydrogen-bond donors (Lipinski definition) is 0. The molecule has 4 heteroatoms. The maximum atomic E-state index is 6.56. The van der Waals surface area contributed by atoms with Gasteiger partial charge in [-0.05, 0) is 66.2 Å². The van der Waals surface area contributed by atoms with Crippen molar-refractivity contribution in [1.82, 2.24) is 4.57 Å². The second-order valence-electron chi connectivity index (χ2n) is 13.3. The Balaban J connectivity index is 1.25. The van der Waals surface area contributed by atoms with Crippen molar-refractivity contribution >= 4 is 82.7 Å². The Morgan fingerprint density at radius 3 is 1.75 bits per heavy atom. The van der Waals surface area contributed by atoms with Crippen molar-refractivity contribution in [3.8, 4) is 16.8 Å². The molecule has 11 aromatic rings. The average Bonchev–Trinajstić information content (AvgIpc) is 3.87. The zero-order chi connectivity index (χ0) is 34.2. The van der Waals surface area contributed by atoms with Crippen LogP contribution in [0.2, 0.25) is 0 Å². The smallest absolute Gasteiger partial charge is 0.143 e. The van der Waals surface area contributed by atoms with E-state index in [0.29, 0.717) is 0 Å². The zero-order valence-electron chi connectivity index (χ0n) is 28.0. The van der Waals surface area contributed by atoms with Crippen molar-refractivity contribution in [2.75, 3.05) is 4.90 Å². The van der Waals surface area contributed by atoms with Gasteiger partial charge in [-0.15, -0.1) is 0 Å². The standard InChI is InChI=1S/C48H30N2O2/c1-3-14-32(15-4-1)49(33-16-5-2-6-17-33)44-28-31(34-21-13-22-38-36-19-8-12-25-46(36)52-48(34)38)26-27-42(44)50-41-23-10-7-18-35(41)39-29-40-37-20-9-11-24-45(37)51-47(40)30-43(39)50/h1-30H. The van der Waals surface area contributed by atoms with Crippen LogP contribution >= 0.6 is 0 Å². The van der Waals surface area contributed by atoms with Crippen molar-refractivity contribution in [2.24, 2.45) is 0 Å². The highest BCUT2D eigenvalue weighted by atomic mass is 16.3.